The summed E-state index contributed by atoms with van der Waals surface area (Å²) < 4.78 is 5.14. The molecular formula is C17H26N2O2. The Morgan fingerprint density at radius 3 is 2.38 bits per heavy atom. The van der Waals surface area contributed by atoms with Crippen molar-refractivity contribution in [2.75, 3.05) is 20.2 Å². The summed E-state index contributed by atoms with van der Waals surface area (Å²) in [5.74, 6) is 1.08. The quantitative estimate of drug-likeness (QED) is 0.906. The lowest BCUT2D eigenvalue weighted by atomic mass is 10.2. The highest BCUT2D eigenvalue weighted by Gasteiger charge is 2.20. The molecule has 0 aromatic heterocycles. The van der Waals surface area contributed by atoms with Gasteiger partial charge in [0, 0.05) is 19.6 Å². The molecule has 1 saturated heterocycles. The first kappa shape index (κ1) is 15.8. The van der Waals surface area contributed by atoms with Gasteiger partial charge >= 0.3 is 0 Å². The van der Waals surface area contributed by atoms with Crippen molar-refractivity contribution in [2.24, 2.45) is 0 Å². The van der Waals surface area contributed by atoms with Crippen molar-refractivity contribution in [1.82, 2.24) is 10.2 Å². The summed E-state index contributed by atoms with van der Waals surface area (Å²) in [5, 5.41) is 3.32. The molecule has 1 aliphatic rings. The van der Waals surface area contributed by atoms with E-state index in [9.17, 15) is 4.79 Å². The van der Waals surface area contributed by atoms with Crippen molar-refractivity contribution in [3.05, 3.63) is 29.8 Å². The molecular weight excluding hydrogens is 264 g/mol. The molecule has 1 amide bonds. The van der Waals surface area contributed by atoms with Crippen LogP contribution in [0.3, 0.4) is 0 Å². The molecule has 1 N–H and O–H groups in total. The molecule has 1 heterocycles. The molecule has 1 aromatic carbocycles. The van der Waals surface area contributed by atoms with Crippen molar-refractivity contribution in [3.8, 4) is 5.75 Å². The fourth-order valence-electron chi connectivity index (χ4n) is 2.67. The number of amides is 1. The molecule has 2 rings (SSSR count). The van der Waals surface area contributed by atoms with E-state index < -0.39 is 0 Å². The number of benzene rings is 1. The third-order valence-electron chi connectivity index (χ3n) is 4.06. The van der Waals surface area contributed by atoms with Crippen LogP contribution in [-0.4, -0.2) is 37.0 Å². The molecule has 1 aromatic rings. The van der Waals surface area contributed by atoms with Crippen LogP contribution < -0.4 is 10.1 Å². The van der Waals surface area contributed by atoms with Gasteiger partial charge in [-0.2, -0.15) is 0 Å². The highest BCUT2D eigenvalue weighted by Crippen LogP contribution is 2.12. The Morgan fingerprint density at radius 1 is 1.19 bits per heavy atom. The predicted molar refractivity (Wildman–Crippen MR) is 84.3 cm³/mol. The maximum Gasteiger partial charge on any atom is 0.239 e. The lowest BCUT2D eigenvalue weighted by molar-refractivity contribution is -0.133. The Bertz CT molecular complexity index is 437. The largest absolute Gasteiger partial charge is 0.497 e. The summed E-state index contributed by atoms with van der Waals surface area (Å²) in [6.07, 6.45) is 4.77. The van der Waals surface area contributed by atoms with E-state index in [1.165, 1.54) is 12.8 Å². The molecule has 4 nitrogen and oxygen atoms in total. The average Bonchev–Trinajstić information content (AvgIpc) is 2.81. The normalized spacial score (nSPS) is 17.1. The molecule has 0 radical (unpaired) electrons. The average molecular weight is 290 g/mol. The Balaban J connectivity index is 1.82. The topological polar surface area (TPSA) is 41.6 Å². The van der Waals surface area contributed by atoms with Crippen LogP contribution in [0.15, 0.2) is 24.3 Å². The molecule has 116 valence electrons. The van der Waals surface area contributed by atoms with Crippen LogP contribution in [0.1, 0.15) is 38.2 Å². The minimum atomic E-state index is -0.134. The van der Waals surface area contributed by atoms with Gasteiger partial charge in [0.15, 0.2) is 0 Å². The fourth-order valence-corrected chi connectivity index (χ4v) is 2.67. The Hall–Kier alpha value is -1.55. The molecule has 1 unspecified atom stereocenters. The van der Waals surface area contributed by atoms with Gasteiger partial charge in [-0.15, -0.1) is 0 Å². The molecule has 0 bridgehead atoms. The maximum atomic E-state index is 12.4. The van der Waals surface area contributed by atoms with E-state index in [-0.39, 0.29) is 11.9 Å². The lowest BCUT2D eigenvalue weighted by Gasteiger charge is -2.24. The van der Waals surface area contributed by atoms with Crippen LogP contribution in [0.2, 0.25) is 0 Å². The van der Waals surface area contributed by atoms with Crippen molar-refractivity contribution in [3.63, 3.8) is 0 Å². The number of hydrogen-bond acceptors (Lipinski definition) is 3. The number of methoxy groups -OCH3 is 1. The van der Waals surface area contributed by atoms with E-state index >= 15 is 0 Å². The van der Waals surface area contributed by atoms with Gasteiger partial charge in [0.1, 0.15) is 5.75 Å². The number of hydrogen-bond donors (Lipinski definition) is 1. The van der Waals surface area contributed by atoms with Crippen LogP contribution in [0, 0.1) is 0 Å². The second-order valence-electron chi connectivity index (χ2n) is 5.69. The number of nitrogens with one attached hydrogen (secondary N) is 1. The summed E-state index contributed by atoms with van der Waals surface area (Å²) in [6.45, 7) is 4.47. The zero-order chi connectivity index (χ0) is 15.1. The van der Waals surface area contributed by atoms with Crippen molar-refractivity contribution in [2.45, 2.75) is 45.2 Å². The van der Waals surface area contributed by atoms with Crippen molar-refractivity contribution in [1.29, 1.82) is 0 Å². The van der Waals surface area contributed by atoms with Gasteiger partial charge in [0.05, 0.1) is 13.2 Å². The Labute approximate surface area is 127 Å². The van der Waals surface area contributed by atoms with E-state index in [4.69, 9.17) is 4.74 Å². The number of likely N-dealkylation sites (tertiary alicyclic amines) is 1. The summed E-state index contributed by atoms with van der Waals surface area (Å²) in [7, 11) is 1.66. The van der Waals surface area contributed by atoms with E-state index in [2.05, 4.69) is 5.32 Å². The molecule has 0 aliphatic carbocycles. The van der Waals surface area contributed by atoms with Gasteiger partial charge in [-0.3, -0.25) is 4.79 Å². The standard InChI is InChI=1S/C17H26N2O2/c1-14(17(20)19-11-5-3-4-6-12-19)18-13-15-7-9-16(21-2)10-8-15/h7-10,14,18H,3-6,11-13H2,1-2H3. The smallest absolute Gasteiger partial charge is 0.239 e. The Morgan fingerprint density at radius 2 is 1.81 bits per heavy atom. The van der Waals surface area contributed by atoms with Crippen molar-refractivity contribution < 1.29 is 9.53 Å². The molecule has 1 atom stereocenters. The van der Waals surface area contributed by atoms with Gasteiger partial charge < -0.3 is 15.0 Å². The summed E-state index contributed by atoms with van der Waals surface area (Å²) >= 11 is 0. The summed E-state index contributed by atoms with van der Waals surface area (Å²) in [5.41, 5.74) is 1.16. The summed E-state index contributed by atoms with van der Waals surface area (Å²) in [4.78, 5) is 14.4. The van der Waals surface area contributed by atoms with Crippen LogP contribution in [-0.2, 0) is 11.3 Å². The van der Waals surface area contributed by atoms with Crippen LogP contribution >= 0.6 is 0 Å². The summed E-state index contributed by atoms with van der Waals surface area (Å²) in [6, 6.07) is 7.80. The Kier molecular flexibility index (Phi) is 6.05. The highest BCUT2D eigenvalue weighted by atomic mass is 16.5. The first-order chi connectivity index (χ1) is 10.2. The van der Waals surface area contributed by atoms with Gasteiger partial charge in [0.25, 0.3) is 0 Å². The third-order valence-corrected chi connectivity index (χ3v) is 4.06. The van der Waals surface area contributed by atoms with E-state index in [0.717, 1.165) is 37.2 Å². The first-order valence-corrected chi connectivity index (χ1v) is 7.86. The number of nitrogens with zero attached hydrogens (tertiary/aromatic N) is 1. The van der Waals surface area contributed by atoms with Crippen LogP contribution in [0.5, 0.6) is 5.75 Å². The predicted octanol–water partition coefficient (Wildman–Crippen LogP) is 2.58. The van der Waals surface area contributed by atoms with Crippen molar-refractivity contribution >= 4 is 5.91 Å². The lowest BCUT2D eigenvalue weighted by Crippen LogP contribution is -2.45. The molecule has 1 fully saturated rings. The molecule has 4 heteroatoms. The zero-order valence-corrected chi connectivity index (χ0v) is 13.1. The minimum absolute atomic E-state index is 0.134. The SMILES string of the molecule is COc1ccc(CNC(C)C(=O)N2CCCCCC2)cc1. The van der Waals surface area contributed by atoms with Gasteiger partial charge in [0.2, 0.25) is 5.91 Å². The number of carbonyl (C=O) groups excluding carboxylic acids is 1. The molecule has 21 heavy (non-hydrogen) atoms. The zero-order valence-electron chi connectivity index (χ0n) is 13.1. The molecule has 1 aliphatic heterocycles. The first-order valence-electron chi connectivity index (χ1n) is 7.86. The second kappa shape index (κ2) is 8.03. The number of ether oxygens (including phenoxy) is 1. The second-order valence-corrected chi connectivity index (χ2v) is 5.69. The van der Waals surface area contributed by atoms with E-state index in [1.54, 1.807) is 7.11 Å². The van der Waals surface area contributed by atoms with Gasteiger partial charge in [-0.1, -0.05) is 25.0 Å². The monoisotopic (exact) mass is 290 g/mol. The van der Waals surface area contributed by atoms with Gasteiger partial charge in [-0.25, -0.2) is 0 Å². The minimum Gasteiger partial charge on any atom is -0.497 e. The molecule has 0 saturated carbocycles. The number of rotatable bonds is 5. The van der Waals surface area contributed by atoms with Crippen LogP contribution in [0.4, 0.5) is 0 Å². The molecule has 0 spiro atoms. The highest BCUT2D eigenvalue weighted by molar-refractivity contribution is 5.81. The van der Waals surface area contributed by atoms with Crippen LogP contribution in [0.25, 0.3) is 0 Å². The van der Waals surface area contributed by atoms with Gasteiger partial charge in [-0.05, 0) is 37.5 Å². The fraction of sp³-hybridized carbons (Fsp3) is 0.588. The third kappa shape index (κ3) is 4.74. The van der Waals surface area contributed by atoms with E-state index in [1.807, 2.05) is 36.1 Å². The number of carbonyl (C=O) groups is 1. The van der Waals surface area contributed by atoms with E-state index in [0.29, 0.717) is 6.54 Å². The maximum absolute atomic E-state index is 12.4.